The number of carboxylic acid groups (broad SMARTS) is 1. The molecule has 114 valence electrons. The topological polar surface area (TPSA) is 105 Å². The molecule has 2 aliphatic rings. The number of morpholine rings is 1. The average molecular weight is 295 g/mol. The van der Waals surface area contributed by atoms with Crippen molar-refractivity contribution in [3.05, 3.63) is 32.6 Å². The lowest BCUT2D eigenvalue weighted by Crippen LogP contribution is -2.48. The Morgan fingerprint density at radius 3 is 3.05 bits per heavy atom. The molecule has 8 heteroatoms. The molecule has 1 aromatic heterocycles. The minimum absolute atomic E-state index is 0.176. The fourth-order valence-electron chi connectivity index (χ4n) is 3.01. The normalized spacial score (nSPS) is 25.7. The van der Waals surface area contributed by atoms with E-state index in [4.69, 9.17) is 9.84 Å². The molecule has 8 nitrogen and oxygen atoms in total. The molecular formula is C13H17N3O5. The van der Waals surface area contributed by atoms with Gasteiger partial charge in [-0.3, -0.25) is 19.2 Å². The van der Waals surface area contributed by atoms with Crippen LogP contribution in [0.5, 0.6) is 0 Å². The Bertz CT molecular complexity index is 665. The number of aromatic nitrogens is 2. The van der Waals surface area contributed by atoms with Crippen molar-refractivity contribution in [2.75, 3.05) is 19.7 Å². The van der Waals surface area contributed by atoms with E-state index in [1.54, 1.807) is 0 Å². The van der Waals surface area contributed by atoms with Gasteiger partial charge in [-0.1, -0.05) is 0 Å². The first-order valence-electron chi connectivity index (χ1n) is 6.97. The summed E-state index contributed by atoms with van der Waals surface area (Å²) in [6.07, 6.45) is 3.20. The van der Waals surface area contributed by atoms with E-state index in [1.807, 2.05) is 4.98 Å². The van der Waals surface area contributed by atoms with E-state index in [2.05, 4.69) is 4.90 Å². The van der Waals surface area contributed by atoms with Crippen LogP contribution in [0.1, 0.15) is 23.2 Å². The molecule has 2 fully saturated rings. The molecule has 1 aromatic rings. The molecule has 0 radical (unpaired) electrons. The van der Waals surface area contributed by atoms with Gasteiger partial charge in [-0.25, -0.2) is 9.59 Å². The van der Waals surface area contributed by atoms with Crippen molar-refractivity contribution in [3.63, 3.8) is 0 Å². The minimum Gasteiger partial charge on any atom is -0.477 e. The van der Waals surface area contributed by atoms with E-state index in [1.165, 1.54) is 4.57 Å². The Labute approximate surface area is 120 Å². The van der Waals surface area contributed by atoms with Crippen molar-refractivity contribution >= 4 is 5.97 Å². The standard InChI is InChI=1S/C13H17N3O5/c17-11-10(12(18)19)6-16(13(20)14-11)5-9-4-15-3-1-2-8(15)7-21-9/h6,8-9H,1-5,7H2,(H,18,19)(H,14,17,20). The summed E-state index contributed by atoms with van der Waals surface area (Å²) in [6.45, 7) is 2.62. The molecule has 2 saturated heterocycles. The highest BCUT2D eigenvalue weighted by Crippen LogP contribution is 2.22. The van der Waals surface area contributed by atoms with Gasteiger partial charge in [0, 0.05) is 18.8 Å². The van der Waals surface area contributed by atoms with Gasteiger partial charge in [-0.15, -0.1) is 0 Å². The van der Waals surface area contributed by atoms with Gasteiger partial charge < -0.3 is 9.84 Å². The Balaban J connectivity index is 1.78. The molecule has 0 aromatic carbocycles. The summed E-state index contributed by atoms with van der Waals surface area (Å²) in [5, 5.41) is 8.94. The van der Waals surface area contributed by atoms with Crippen molar-refractivity contribution in [2.24, 2.45) is 0 Å². The van der Waals surface area contributed by atoms with Crippen molar-refractivity contribution in [3.8, 4) is 0 Å². The van der Waals surface area contributed by atoms with Crippen LogP contribution in [-0.2, 0) is 11.3 Å². The largest absolute Gasteiger partial charge is 0.477 e. The highest BCUT2D eigenvalue weighted by Gasteiger charge is 2.32. The first-order valence-corrected chi connectivity index (χ1v) is 6.97. The first kappa shape index (κ1) is 14.0. The number of hydrogen-bond donors (Lipinski definition) is 2. The Morgan fingerprint density at radius 2 is 2.29 bits per heavy atom. The highest BCUT2D eigenvalue weighted by atomic mass is 16.5. The van der Waals surface area contributed by atoms with Gasteiger partial charge in [0.1, 0.15) is 5.56 Å². The number of nitrogens with one attached hydrogen (secondary N) is 1. The molecule has 3 rings (SSSR count). The number of carboxylic acids is 1. The second-order valence-electron chi connectivity index (χ2n) is 5.51. The van der Waals surface area contributed by atoms with Crippen LogP contribution in [0.25, 0.3) is 0 Å². The molecular weight excluding hydrogens is 278 g/mol. The van der Waals surface area contributed by atoms with Crippen molar-refractivity contribution in [2.45, 2.75) is 31.5 Å². The number of H-pyrrole nitrogens is 1. The summed E-state index contributed by atoms with van der Waals surface area (Å²) in [4.78, 5) is 38.5. The summed E-state index contributed by atoms with van der Waals surface area (Å²) in [6, 6.07) is 0.461. The molecule has 2 atom stereocenters. The second-order valence-corrected chi connectivity index (χ2v) is 5.51. The molecule has 2 unspecified atom stereocenters. The van der Waals surface area contributed by atoms with Crippen LogP contribution in [0, 0.1) is 0 Å². The number of aromatic carboxylic acids is 1. The van der Waals surface area contributed by atoms with Crippen LogP contribution in [0.15, 0.2) is 15.8 Å². The quantitative estimate of drug-likeness (QED) is 0.748. The van der Waals surface area contributed by atoms with Gasteiger partial charge in [-0.2, -0.15) is 0 Å². The molecule has 21 heavy (non-hydrogen) atoms. The maximum absolute atomic E-state index is 11.8. The van der Waals surface area contributed by atoms with E-state index >= 15 is 0 Å². The van der Waals surface area contributed by atoms with Crippen molar-refractivity contribution < 1.29 is 14.6 Å². The predicted molar refractivity (Wildman–Crippen MR) is 72.6 cm³/mol. The average Bonchev–Trinajstić information content (AvgIpc) is 2.88. The van der Waals surface area contributed by atoms with Crippen LogP contribution in [0.3, 0.4) is 0 Å². The van der Waals surface area contributed by atoms with Crippen LogP contribution in [-0.4, -0.2) is 57.4 Å². The fourth-order valence-corrected chi connectivity index (χ4v) is 3.01. The number of nitrogens with zero attached hydrogens (tertiary/aromatic N) is 2. The number of hydrogen-bond acceptors (Lipinski definition) is 5. The number of rotatable bonds is 3. The Morgan fingerprint density at radius 1 is 1.48 bits per heavy atom. The van der Waals surface area contributed by atoms with Gasteiger partial charge in [0.25, 0.3) is 5.56 Å². The first-order chi connectivity index (χ1) is 10.0. The highest BCUT2D eigenvalue weighted by molar-refractivity contribution is 5.86. The molecule has 3 heterocycles. The van der Waals surface area contributed by atoms with Gasteiger partial charge in [0.15, 0.2) is 0 Å². The van der Waals surface area contributed by atoms with E-state index in [9.17, 15) is 14.4 Å². The number of carbonyl (C=O) groups is 1. The third-order valence-corrected chi connectivity index (χ3v) is 4.10. The van der Waals surface area contributed by atoms with Gasteiger partial charge in [-0.05, 0) is 19.4 Å². The molecule has 0 aliphatic carbocycles. The summed E-state index contributed by atoms with van der Waals surface area (Å²) in [7, 11) is 0. The molecule has 0 amide bonds. The summed E-state index contributed by atoms with van der Waals surface area (Å²) < 4.78 is 6.94. The lowest BCUT2D eigenvalue weighted by molar-refractivity contribution is -0.0557. The number of fused-ring (bicyclic) bond motifs is 1. The van der Waals surface area contributed by atoms with E-state index in [0.717, 1.165) is 32.1 Å². The monoisotopic (exact) mass is 295 g/mol. The zero-order chi connectivity index (χ0) is 15.0. The molecule has 2 N–H and O–H groups in total. The molecule has 0 saturated carbocycles. The third kappa shape index (κ3) is 2.77. The second kappa shape index (κ2) is 5.45. The SMILES string of the molecule is O=C(O)c1cn(CC2CN3CCCC3CO2)c(=O)[nH]c1=O. The zero-order valence-corrected chi connectivity index (χ0v) is 11.4. The van der Waals surface area contributed by atoms with Gasteiger partial charge in [0.05, 0.1) is 19.3 Å². The van der Waals surface area contributed by atoms with E-state index < -0.39 is 22.8 Å². The molecule has 0 spiro atoms. The predicted octanol–water partition coefficient (Wildman–Crippen LogP) is -0.902. The minimum atomic E-state index is -1.35. The van der Waals surface area contributed by atoms with Crippen LogP contribution in [0.2, 0.25) is 0 Å². The lowest BCUT2D eigenvalue weighted by atomic mass is 10.2. The third-order valence-electron chi connectivity index (χ3n) is 4.10. The lowest BCUT2D eigenvalue weighted by Gasteiger charge is -2.35. The maximum Gasteiger partial charge on any atom is 0.342 e. The summed E-state index contributed by atoms with van der Waals surface area (Å²) in [5.74, 6) is -1.35. The smallest absolute Gasteiger partial charge is 0.342 e. The van der Waals surface area contributed by atoms with Crippen LogP contribution in [0.4, 0.5) is 0 Å². The maximum atomic E-state index is 11.8. The van der Waals surface area contributed by atoms with E-state index in [-0.39, 0.29) is 12.6 Å². The zero-order valence-electron chi connectivity index (χ0n) is 11.4. The van der Waals surface area contributed by atoms with E-state index in [0.29, 0.717) is 12.6 Å². The summed E-state index contributed by atoms with van der Waals surface area (Å²) >= 11 is 0. The van der Waals surface area contributed by atoms with Gasteiger partial charge in [0.2, 0.25) is 0 Å². The Kier molecular flexibility index (Phi) is 3.64. The van der Waals surface area contributed by atoms with Crippen LogP contribution >= 0.6 is 0 Å². The summed E-state index contributed by atoms with van der Waals surface area (Å²) in [5.41, 5.74) is -1.94. The molecule has 2 aliphatic heterocycles. The van der Waals surface area contributed by atoms with Crippen molar-refractivity contribution in [1.29, 1.82) is 0 Å². The fraction of sp³-hybridized carbons (Fsp3) is 0.615. The van der Waals surface area contributed by atoms with Crippen LogP contribution < -0.4 is 11.2 Å². The molecule has 0 bridgehead atoms. The Hall–Kier alpha value is -1.93. The van der Waals surface area contributed by atoms with Crippen molar-refractivity contribution in [1.82, 2.24) is 14.5 Å². The number of ether oxygens (including phenoxy) is 1. The van der Waals surface area contributed by atoms with Gasteiger partial charge >= 0.3 is 11.7 Å². The number of aromatic amines is 1.